The second-order valence-electron chi connectivity index (χ2n) is 11.5. The van der Waals surface area contributed by atoms with Crippen molar-refractivity contribution in [3.05, 3.63) is 101 Å². The van der Waals surface area contributed by atoms with Gasteiger partial charge >= 0.3 is 0 Å². The number of nitrogens with one attached hydrogen (secondary N) is 1. The van der Waals surface area contributed by atoms with E-state index in [4.69, 9.17) is 4.99 Å². The summed E-state index contributed by atoms with van der Waals surface area (Å²) in [4.78, 5) is 37.9. The van der Waals surface area contributed by atoms with Crippen molar-refractivity contribution in [2.75, 3.05) is 11.9 Å². The fourth-order valence-electron chi connectivity index (χ4n) is 7.08. The third-order valence-electron chi connectivity index (χ3n) is 9.11. The quantitative estimate of drug-likeness (QED) is 0.473. The zero-order chi connectivity index (χ0) is 27.3. The molecule has 2 aliphatic carbocycles. The van der Waals surface area contributed by atoms with E-state index in [1.807, 2.05) is 29.2 Å². The predicted octanol–water partition coefficient (Wildman–Crippen LogP) is 5.60. The van der Waals surface area contributed by atoms with Gasteiger partial charge in [0.2, 0.25) is 5.91 Å². The van der Waals surface area contributed by atoms with E-state index in [9.17, 15) is 14.0 Å². The van der Waals surface area contributed by atoms with Crippen molar-refractivity contribution in [3.63, 3.8) is 0 Å². The number of carbonyl (C=O) groups excluding carboxylic acids is 2. The van der Waals surface area contributed by atoms with E-state index in [0.29, 0.717) is 25.2 Å². The first kappa shape index (κ1) is 24.9. The zero-order valence-corrected chi connectivity index (χ0v) is 22.3. The second-order valence-corrected chi connectivity index (χ2v) is 11.5. The smallest absolute Gasteiger partial charge is 0.275 e. The van der Waals surface area contributed by atoms with Gasteiger partial charge in [0.05, 0.1) is 5.41 Å². The molecule has 202 valence electrons. The summed E-state index contributed by atoms with van der Waals surface area (Å²) in [5.41, 5.74) is 3.65. The molecule has 1 fully saturated rings. The summed E-state index contributed by atoms with van der Waals surface area (Å²) in [6.07, 6.45) is 12.9. The average molecular weight is 535 g/mol. The highest BCUT2D eigenvalue weighted by molar-refractivity contribution is 6.46. The topological polar surface area (TPSA) is 74.7 Å². The third kappa shape index (κ3) is 3.90. The van der Waals surface area contributed by atoms with Gasteiger partial charge in [-0.1, -0.05) is 61.4 Å². The van der Waals surface area contributed by atoms with Gasteiger partial charge in [-0.05, 0) is 73.4 Å². The van der Waals surface area contributed by atoms with Gasteiger partial charge in [0, 0.05) is 23.9 Å². The van der Waals surface area contributed by atoms with Crippen LogP contribution in [-0.2, 0) is 27.8 Å². The van der Waals surface area contributed by atoms with E-state index in [2.05, 4.69) is 28.5 Å². The summed E-state index contributed by atoms with van der Waals surface area (Å²) in [6.45, 7) is 0.406. The molecule has 2 aliphatic heterocycles. The highest BCUT2D eigenvalue weighted by atomic mass is 19.1. The summed E-state index contributed by atoms with van der Waals surface area (Å²) < 4.78 is 14.7. The van der Waals surface area contributed by atoms with Gasteiger partial charge in [-0.15, -0.1) is 0 Å². The van der Waals surface area contributed by atoms with Crippen LogP contribution in [0.5, 0.6) is 0 Å². The van der Waals surface area contributed by atoms with Crippen molar-refractivity contribution in [1.82, 2.24) is 9.88 Å². The average Bonchev–Trinajstić information content (AvgIpc) is 3.48. The Hall–Kier alpha value is -4.13. The van der Waals surface area contributed by atoms with Crippen molar-refractivity contribution in [2.24, 2.45) is 4.99 Å². The lowest BCUT2D eigenvalue weighted by Crippen LogP contribution is -2.46. The number of nitrogens with zero attached hydrogens (tertiary/aromatic N) is 3. The van der Waals surface area contributed by atoms with Crippen molar-refractivity contribution in [1.29, 1.82) is 0 Å². The number of aromatic nitrogens is 1. The standard InChI is InChI=1S/C33H31FN4O2/c34-27-12-4-3-10-25(27)28-30(39)38(33(37-28)15-5-1-2-6-16-33)18-8-9-22-13-14-23-20-32(21-24(23)19-22)26-11-7-17-35-29(26)36-31(32)40/h3-4,7-14,17,19H,1-2,5-6,15-16,18,20-21H2,(H,35,36,40)/b9-8+. The summed E-state index contributed by atoms with van der Waals surface area (Å²) in [5.74, 6) is 0.0644. The molecule has 7 rings (SSSR count). The molecule has 6 nitrogen and oxygen atoms in total. The summed E-state index contributed by atoms with van der Waals surface area (Å²) in [5, 5.41) is 2.96. The first-order valence-electron chi connectivity index (χ1n) is 14.2. The lowest BCUT2D eigenvalue weighted by Gasteiger charge is -2.35. The molecule has 1 atom stereocenters. The molecule has 2 aromatic carbocycles. The maximum absolute atomic E-state index is 14.7. The van der Waals surface area contributed by atoms with E-state index in [1.165, 1.54) is 11.6 Å². The molecule has 0 saturated heterocycles. The SMILES string of the molecule is O=C1C(c2ccccc2F)=NC2(CCCCCC2)N1C/C=C/c1ccc2c(c1)CC1(C2)C(=O)Nc2ncccc21. The number of rotatable bonds is 4. The van der Waals surface area contributed by atoms with Crippen LogP contribution < -0.4 is 5.32 Å². The zero-order valence-electron chi connectivity index (χ0n) is 22.3. The fourth-order valence-corrected chi connectivity index (χ4v) is 7.08. The number of amides is 2. The van der Waals surface area contributed by atoms with Crippen LogP contribution in [0.15, 0.2) is 71.9 Å². The van der Waals surface area contributed by atoms with Gasteiger partial charge in [-0.3, -0.25) is 14.6 Å². The highest BCUT2D eigenvalue weighted by Gasteiger charge is 2.51. The van der Waals surface area contributed by atoms with Crippen LogP contribution in [0.2, 0.25) is 0 Å². The van der Waals surface area contributed by atoms with Crippen LogP contribution in [0.1, 0.15) is 66.3 Å². The number of hydrogen-bond acceptors (Lipinski definition) is 4. The first-order chi connectivity index (χ1) is 19.5. The molecule has 2 amide bonds. The van der Waals surface area contributed by atoms with E-state index < -0.39 is 16.9 Å². The molecule has 3 heterocycles. The molecule has 1 aromatic heterocycles. The monoisotopic (exact) mass is 534 g/mol. The van der Waals surface area contributed by atoms with Crippen molar-refractivity contribution in [2.45, 2.75) is 62.4 Å². The van der Waals surface area contributed by atoms with E-state index in [0.717, 1.165) is 55.2 Å². The minimum absolute atomic E-state index is 0.0152. The van der Waals surface area contributed by atoms with Crippen LogP contribution in [0.4, 0.5) is 10.2 Å². The lowest BCUT2D eigenvalue weighted by molar-refractivity contribution is -0.127. The first-order valence-corrected chi connectivity index (χ1v) is 14.2. The Morgan fingerprint density at radius 2 is 1.75 bits per heavy atom. The Bertz CT molecular complexity index is 1590. The van der Waals surface area contributed by atoms with E-state index in [1.54, 1.807) is 24.4 Å². The molecule has 1 N–H and O–H groups in total. The molecule has 0 radical (unpaired) electrons. The van der Waals surface area contributed by atoms with Crippen molar-refractivity contribution < 1.29 is 14.0 Å². The molecular formula is C33H31FN4O2. The summed E-state index contributed by atoms with van der Waals surface area (Å²) in [6, 6.07) is 16.6. The Labute approximate surface area is 233 Å². The van der Waals surface area contributed by atoms with Gasteiger partial charge in [0.1, 0.15) is 23.0 Å². The van der Waals surface area contributed by atoms with Crippen LogP contribution in [-0.4, -0.2) is 39.6 Å². The lowest BCUT2D eigenvalue weighted by atomic mass is 9.79. The minimum atomic E-state index is -0.614. The molecular weight excluding hydrogens is 503 g/mol. The number of carbonyl (C=O) groups is 2. The molecule has 2 spiro atoms. The predicted molar refractivity (Wildman–Crippen MR) is 153 cm³/mol. The summed E-state index contributed by atoms with van der Waals surface area (Å²) >= 11 is 0. The highest BCUT2D eigenvalue weighted by Crippen LogP contribution is 2.46. The molecule has 1 unspecified atom stereocenters. The van der Waals surface area contributed by atoms with Gasteiger partial charge in [-0.25, -0.2) is 9.37 Å². The molecule has 1 saturated carbocycles. The molecule has 4 aliphatic rings. The number of halogens is 1. The Morgan fingerprint density at radius 1 is 0.950 bits per heavy atom. The normalized spacial score (nSPS) is 23.0. The van der Waals surface area contributed by atoms with Crippen LogP contribution in [0.25, 0.3) is 6.08 Å². The number of anilines is 1. The fraction of sp³-hybridized carbons (Fsp3) is 0.333. The molecule has 7 heteroatoms. The third-order valence-corrected chi connectivity index (χ3v) is 9.11. The van der Waals surface area contributed by atoms with Crippen LogP contribution in [0, 0.1) is 5.82 Å². The Morgan fingerprint density at radius 3 is 2.58 bits per heavy atom. The van der Waals surface area contributed by atoms with Crippen LogP contribution in [0.3, 0.4) is 0 Å². The number of hydrogen-bond donors (Lipinski definition) is 1. The summed E-state index contributed by atoms with van der Waals surface area (Å²) in [7, 11) is 0. The van der Waals surface area contributed by atoms with E-state index >= 15 is 0 Å². The number of benzene rings is 2. The van der Waals surface area contributed by atoms with E-state index in [-0.39, 0.29) is 23.1 Å². The largest absolute Gasteiger partial charge is 0.310 e. The van der Waals surface area contributed by atoms with Crippen LogP contribution >= 0.6 is 0 Å². The minimum Gasteiger partial charge on any atom is -0.310 e. The van der Waals surface area contributed by atoms with Crippen molar-refractivity contribution >= 4 is 29.4 Å². The molecule has 40 heavy (non-hydrogen) atoms. The Balaban J connectivity index is 1.13. The molecule has 0 bridgehead atoms. The van der Waals surface area contributed by atoms with Gasteiger partial charge < -0.3 is 10.2 Å². The maximum Gasteiger partial charge on any atom is 0.275 e. The Kier molecular flexibility index (Phi) is 5.91. The second kappa shape index (κ2) is 9.51. The number of pyridine rings is 1. The van der Waals surface area contributed by atoms with Gasteiger partial charge in [0.15, 0.2) is 0 Å². The van der Waals surface area contributed by atoms with Crippen molar-refractivity contribution in [3.8, 4) is 0 Å². The maximum atomic E-state index is 14.7. The van der Waals surface area contributed by atoms with Gasteiger partial charge in [-0.2, -0.15) is 0 Å². The number of fused-ring (bicyclic) bond motifs is 3. The number of aliphatic imine (C=N–C) groups is 1. The van der Waals surface area contributed by atoms with Gasteiger partial charge in [0.25, 0.3) is 5.91 Å². The molecule has 3 aromatic rings.